The van der Waals surface area contributed by atoms with E-state index in [4.69, 9.17) is 9.15 Å². The third-order valence-corrected chi connectivity index (χ3v) is 4.89. The summed E-state index contributed by atoms with van der Waals surface area (Å²) in [4.78, 5) is 21.1. The van der Waals surface area contributed by atoms with Crippen LogP contribution >= 0.6 is 0 Å². The van der Waals surface area contributed by atoms with Crippen LogP contribution in [0.2, 0.25) is 0 Å². The summed E-state index contributed by atoms with van der Waals surface area (Å²) in [6.45, 7) is 8.03. The Morgan fingerprint density at radius 2 is 1.97 bits per heavy atom. The van der Waals surface area contributed by atoms with Crippen molar-refractivity contribution in [2.45, 2.75) is 26.1 Å². The molecular weight excluding hydrogens is 372 g/mol. The van der Waals surface area contributed by atoms with E-state index in [1.807, 2.05) is 37.3 Å². The van der Waals surface area contributed by atoms with Crippen molar-refractivity contribution in [1.82, 2.24) is 20.1 Å². The van der Waals surface area contributed by atoms with Crippen LogP contribution in [-0.2, 0) is 17.8 Å². The maximum Gasteiger partial charge on any atom is 0.273 e. The van der Waals surface area contributed by atoms with E-state index in [1.54, 1.807) is 0 Å². The lowest BCUT2D eigenvalue weighted by atomic mass is 10.2. The Hall–Kier alpha value is -2.26. The SMILES string of the molecule is CCOCC(O)CN1CCN(Cc2nc(C(=O)NCc3ccccc3)co2)CC1. The molecule has 8 heteroatoms. The molecule has 2 aromatic rings. The number of piperazine rings is 1. The molecule has 1 aromatic heterocycles. The summed E-state index contributed by atoms with van der Waals surface area (Å²) < 4.78 is 10.8. The number of carbonyl (C=O) groups is 1. The Kier molecular flexibility index (Phi) is 8.18. The van der Waals surface area contributed by atoms with Gasteiger partial charge in [-0.15, -0.1) is 0 Å². The van der Waals surface area contributed by atoms with E-state index in [1.165, 1.54) is 6.26 Å². The van der Waals surface area contributed by atoms with Gasteiger partial charge in [0.2, 0.25) is 5.89 Å². The summed E-state index contributed by atoms with van der Waals surface area (Å²) in [6.07, 6.45) is 0.959. The van der Waals surface area contributed by atoms with Gasteiger partial charge in [0.25, 0.3) is 5.91 Å². The normalized spacial score (nSPS) is 16.6. The Bertz CT molecular complexity index is 744. The van der Waals surface area contributed by atoms with Gasteiger partial charge in [-0.05, 0) is 12.5 Å². The molecule has 1 atom stereocenters. The van der Waals surface area contributed by atoms with Gasteiger partial charge in [-0.1, -0.05) is 30.3 Å². The smallest absolute Gasteiger partial charge is 0.273 e. The highest BCUT2D eigenvalue weighted by atomic mass is 16.5. The second kappa shape index (κ2) is 11.1. The highest BCUT2D eigenvalue weighted by Gasteiger charge is 2.21. The Labute approximate surface area is 171 Å². The fourth-order valence-corrected chi connectivity index (χ4v) is 3.28. The quantitative estimate of drug-likeness (QED) is 0.615. The van der Waals surface area contributed by atoms with E-state index >= 15 is 0 Å². The monoisotopic (exact) mass is 402 g/mol. The summed E-state index contributed by atoms with van der Waals surface area (Å²) in [5.41, 5.74) is 1.34. The van der Waals surface area contributed by atoms with Crippen molar-refractivity contribution >= 4 is 5.91 Å². The molecule has 29 heavy (non-hydrogen) atoms. The number of oxazole rings is 1. The van der Waals surface area contributed by atoms with Crippen molar-refractivity contribution in [1.29, 1.82) is 0 Å². The number of nitrogens with zero attached hydrogens (tertiary/aromatic N) is 3. The van der Waals surface area contributed by atoms with E-state index in [-0.39, 0.29) is 5.91 Å². The minimum atomic E-state index is -0.454. The van der Waals surface area contributed by atoms with E-state index in [0.717, 1.165) is 31.7 Å². The highest BCUT2D eigenvalue weighted by molar-refractivity contribution is 5.91. The number of carbonyl (C=O) groups excluding carboxylic acids is 1. The molecular formula is C21H30N4O4. The number of aliphatic hydroxyl groups is 1. The molecule has 3 rings (SSSR count). The number of ether oxygens (including phenoxy) is 1. The van der Waals surface area contributed by atoms with Gasteiger partial charge in [0.05, 0.1) is 19.3 Å². The van der Waals surface area contributed by atoms with Crippen molar-refractivity contribution in [2.24, 2.45) is 0 Å². The summed E-state index contributed by atoms with van der Waals surface area (Å²) in [7, 11) is 0. The van der Waals surface area contributed by atoms with Crippen LogP contribution in [0.4, 0.5) is 0 Å². The number of β-amino-alcohol motifs (C(OH)–C–C–N with tert-alkyl or cyclic N) is 1. The lowest BCUT2D eigenvalue weighted by Crippen LogP contribution is -2.48. The highest BCUT2D eigenvalue weighted by Crippen LogP contribution is 2.10. The first-order chi connectivity index (χ1) is 14.1. The molecule has 0 aliphatic carbocycles. The summed E-state index contributed by atoms with van der Waals surface area (Å²) in [5, 5.41) is 12.8. The third-order valence-electron chi connectivity index (χ3n) is 4.89. The molecule has 1 aromatic carbocycles. The zero-order valence-electron chi connectivity index (χ0n) is 16.9. The molecule has 158 valence electrons. The van der Waals surface area contributed by atoms with E-state index in [9.17, 15) is 9.90 Å². The Morgan fingerprint density at radius 3 is 2.69 bits per heavy atom. The van der Waals surface area contributed by atoms with Gasteiger partial charge >= 0.3 is 0 Å². The van der Waals surface area contributed by atoms with E-state index < -0.39 is 6.10 Å². The summed E-state index contributed by atoms with van der Waals surface area (Å²) >= 11 is 0. The number of hydrogen-bond donors (Lipinski definition) is 2. The van der Waals surface area contributed by atoms with Crippen LogP contribution in [0, 0.1) is 0 Å². The van der Waals surface area contributed by atoms with Crippen LogP contribution in [0.3, 0.4) is 0 Å². The zero-order chi connectivity index (χ0) is 20.5. The van der Waals surface area contributed by atoms with Gasteiger partial charge in [-0.3, -0.25) is 14.6 Å². The molecule has 1 aliphatic rings. The Balaban J connectivity index is 1.39. The zero-order valence-corrected chi connectivity index (χ0v) is 16.9. The number of rotatable bonds is 10. The molecule has 1 unspecified atom stereocenters. The fourth-order valence-electron chi connectivity index (χ4n) is 3.28. The predicted octanol–water partition coefficient (Wildman–Crippen LogP) is 1.12. The second-order valence-electron chi connectivity index (χ2n) is 7.18. The molecule has 0 saturated carbocycles. The van der Waals surface area contributed by atoms with Crippen LogP contribution in [0.5, 0.6) is 0 Å². The van der Waals surface area contributed by atoms with E-state index in [0.29, 0.717) is 44.4 Å². The first kappa shape index (κ1) is 21.4. The number of hydrogen-bond acceptors (Lipinski definition) is 7. The van der Waals surface area contributed by atoms with Crippen molar-refractivity contribution in [3.8, 4) is 0 Å². The third kappa shape index (κ3) is 6.93. The summed E-state index contributed by atoms with van der Waals surface area (Å²) in [5.74, 6) is 0.302. The maximum atomic E-state index is 12.3. The van der Waals surface area contributed by atoms with Crippen LogP contribution in [-0.4, -0.2) is 77.8 Å². The van der Waals surface area contributed by atoms with Crippen molar-refractivity contribution in [3.05, 3.63) is 53.7 Å². The number of aromatic nitrogens is 1. The first-order valence-electron chi connectivity index (χ1n) is 10.1. The van der Waals surface area contributed by atoms with Gasteiger partial charge in [-0.2, -0.15) is 0 Å². The summed E-state index contributed by atoms with van der Waals surface area (Å²) in [6, 6.07) is 9.75. The lowest BCUT2D eigenvalue weighted by Gasteiger charge is -2.34. The second-order valence-corrected chi connectivity index (χ2v) is 7.18. The number of aliphatic hydroxyl groups excluding tert-OH is 1. The van der Waals surface area contributed by atoms with Crippen molar-refractivity contribution < 1.29 is 19.1 Å². The standard InChI is InChI=1S/C21H30N4O4/c1-2-28-15-18(26)13-24-8-10-25(11-9-24)14-20-23-19(16-29-20)21(27)22-12-17-6-4-3-5-7-17/h3-7,16,18,26H,2,8-15H2,1H3,(H,22,27). The van der Waals surface area contributed by atoms with Crippen LogP contribution in [0.1, 0.15) is 28.9 Å². The van der Waals surface area contributed by atoms with Crippen molar-refractivity contribution in [2.75, 3.05) is 45.9 Å². The maximum absolute atomic E-state index is 12.3. The van der Waals surface area contributed by atoms with Gasteiger partial charge in [0, 0.05) is 45.9 Å². The molecule has 2 N–H and O–H groups in total. The average molecular weight is 402 g/mol. The van der Waals surface area contributed by atoms with Crippen molar-refractivity contribution in [3.63, 3.8) is 0 Å². The molecule has 0 spiro atoms. The number of amides is 1. The molecule has 1 saturated heterocycles. The molecule has 0 radical (unpaired) electrons. The van der Waals surface area contributed by atoms with Gasteiger partial charge < -0.3 is 19.6 Å². The molecule has 0 bridgehead atoms. The minimum absolute atomic E-state index is 0.239. The van der Waals surface area contributed by atoms with Gasteiger partial charge in [-0.25, -0.2) is 4.98 Å². The first-order valence-corrected chi connectivity index (χ1v) is 10.1. The lowest BCUT2D eigenvalue weighted by molar-refractivity contribution is 0.00949. The van der Waals surface area contributed by atoms with Crippen LogP contribution in [0.25, 0.3) is 0 Å². The number of nitrogens with one attached hydrogen (secondary N) is 1. The van der Waals surface area contributed by atoms with Gasteiger partial charge in [0.15, 0.2) is 5.69 Å². The van der Waals surface area contributed by atoms with Crippen LogP contribution in [0.15, 0.2) is 41.0 Å². The largest absolute Gasteiger partial charge is 0.447 e. The fraction of sp³-hybridized carbons (Fsp3) is 0.524. The molecule has 1 aliphatic heterocycles. The van der Waals surface area contributed by atoms with E-state index in [2.05, 4.69) is 20.1 Å². The Morgan fingerprint density at radius 1 is 1.24 bits per heavy atom. The molecule has 8 nitrogen and oxygen atoms in total. The predicted molar refractivity (Wildman–Crippen MR) is 108 cm³/mol. The molecule has 2 heterocycles. The minimum Gasteiger partial charge on any atom is -0.447 e. The van der Waals surface area contributed by atoms with Gasteiger partial charge in [0.1, 0.15) is 6.26 Å². The topological polar surface area (TPSA) is 91.1 Å². The molecule has 1 fully saturated rings. The average Bonchev–Trinajstić information content (AvgIpc) is 3.21. The number of benzene rings is 1. The van der Waals surface area contributed by atoms with Crippen LogP contribution < -0.4 is 5.32 Å². The molecule has 1 amide bonds.